The summed E-state index contributed by atoms with van der Waals surface area (Å²) in [5.74, 6) is 0.422. The van der Waals surface area contributed by atoms with E-state index in [0.29, 0.717) is 12.2 Å². The molecule has 0 heterocycles. The molecule has 0 aliphatic carbocycles. The third-order valence-electron chi connectivity index (χ3n) is 3.59. The first kappa shape index (κ1) is 16.0. The van der Waals surface area contributed by atoms with Gasteiger partial charge in [-0.25, -0.2) is 4.39 Å². The Labute approximate surface area is 132 Å². The number of aryl methyl sites for hydroxylation is 1. The number of aliphatic hydroxyl groups excluding tert-OH is 1. The molecule has 0 saturated carbocycles. The van der Waals surface area contributed by atoms with Crippen molar-refractivity contribution in [2.24, 2.45) is 0 Å². The first-order chi connectivity index (χ1) is 9.93. The highest BCUT2D eigenvalue weighted by Gasteiger charge is 2.20. The van der Waals surface area contributed by atoms with E-state index in [2.05, 4.69) is 15.9 Å². The Morgan fingerprint density at radius 1 is 1.24 bits per heavy atom. The van der Waals surface area contributed by atoms with E-state index in [9.17, 15) is 9.50 Å². The molecule has 0 spiro atoms. The number of aliphatic hydroxyl groups is 1. The maximum Gasteiger partial charge on any atom is 0.127 e. The zero-order chi connectivity index (χ0) is 15.6. The van der Waals surface area contributed by atoms with Gasteiger partial charge in [0.15, 0.2) is 0 Å². The van der Waals surface area contributed by atoms with Gasteiger partial charge in [-0.1, -0.05) is 28.1 Å². The molecule has 0 aliphatic rings. The van der Waals surface area contributed by atoms with Crippen LogP contribution in [0.25, 0.3) is 0 Å². The van der Waals surface area contributed by atoms with Gasteiger partial charge >= 0.3 is 0 Å². The number of methoxy groups -OCH3 is 1. The molecule has 0 aliphatic heterocycles. The molecule has 2 aromatic rings. The van der Waals surface area contributed by atoms with E-state index in [1.54, 1.807) is 19.2 Å². The molecule has 21 heavy (non-hydrogen) atoms. The van der Waals surface area contributed by atoms with Crippen LogP contribution in [0, 0.1) is 19.7 Å². The van der Waals surface area contributed by atoms with Gasteiger partial charge in [-0.2, -0.15) is 0 Å². The van der Waals surface area contributed by atoms with Crippen LogP contribution in [0.2, 0.25) is 0 Å². The SMILES string of the molecule is COc1c(C)cc(Br)c(C)c1C(O)Cc1ccc(F)cc1. The minimum atomic E-state index is -0.707. The van der Waals surface area contributed by atoms with Gasteiger partial charge in [-0.15, -0.1) is 0 Å². The summed E-state index contributed by atoms with van der Waals surface area (Å²) in [6.07, 6.45) is -0.297. The molecule has 0 fully saturated rings. The summed E-state index contributed by atoms with van der Waals surface area (Å²) >= 11 is 3.51. The lowest BCUT2D eigenvalue weighted by Gasteiger charge is -2.20. The van der Waals surface area contributed by atoms with Gasteiger partial charge in [0.2, 0.25) is 0 Å². The Bertz CT molecular complexity index is 638. The molecule has 1 atom stereocenters. The topological polar surface area (TPSA) is 29.5 Å². The summed E-state index contributed by atoms with van der Waals surface area (Å²) in [6.45, 7) is 3.88. The minimum absolute atomic E-state index is 0.277. The molecule has 2 aromatic carbocycles. The second-order valence-electron chi connectivity index (χ2n) is 5.09. The second-order valence-corrected chi connectivity index (χ2v) is 5.95. The molecule has 0 radical (unpaired) electrons. The Kier molecular flexibility index (Phi) is 5.01. The molecule has 112 valence electrons. The summed E-state index contributed by atoms with van der Waals surface area (Å²) in [7, 11) is 1.60. The van der Waals surface area contributed by atoms with Crippen LogP contribution in [0.4, 0.5) is 4.39 Å². The zero-order valence-corrected chi connectivity index (χ0v) is 13.9. The number of benzene rings is 2. The molecule has 0 saturated heterocycles. The largest absolute Gasteiger partial charge is 0.496 e. The monoisotopic (exact) mass is 352 g/mol. The molecule has 1 N–H and O–H groups in total. The van der Waals surface area contributed by atoms with Crippen molar-refractivity contribution in [2.45, 2.75) is 26.4 Å². The first-order valence-electron chi connectivity index (χ1n) is 6.70. The lowest BCUT2D eigenvalue weighted by atomic mass is 9.94. The molecule has 0 bridgehead atoms. The average molecular weight is 353 g/mol. The summed E-state index contributed by atoms with van der Waals surface area (Å²) in [4.78, 5) is 0. The zero-order valence-electron chi connectivity index (χ0n) is 12.3. The summed E-state index contributed by atoms with van der Waals surface area (Å²) in [6, 6.07) is 8.15. The predicted molar refractivity (Wildman–Crippen MR) is 85.2 cm³/mol. The normalized spacial score (nSPS) is 12.3. The van der Waals surface area contributed by atoms with E-state index in [0.717, 1.165) is 26.7 Å². The quantitative estimate of drug-likeness (QED) is 0.878. The number of ether oxygens (including phenoxy) is 1. The number of rotatable bonds is 4. The van der Waals surface area contributed by atoms with Gasteiger partial charge in [-0.3, -0.25) is 0 Å². The third kappa shape index (κ3) is 3.44. The fraction of sp³-hybridized carbons (Fsp3) is 0.294. The van der Waals surface area contributed by atoms with Gasteiger partial charge in [0.1, 0.15) is 11.6 Å². The predicted octanol–water partition coefficient (Wildman–Crippen LogP) is 4.49. The van der Waals surface area contributed by atoms with Crippen molar-refractivity contribution >= 4 is 15.9 Å². The van der Waals surface area contributed by atoms with Gasteiger partial charge in [0.05, 0.1) is 13.2 Å². The van der Waals surface area contributed by atoms with Gasteiger partial charge < -0.3 is 9.84 Å². The average Bonchev–Trinajstić information content (AvgIpc) is 2.44. The Hall–Kier alpha value is -1.39. The van der Waals surface area contributed by atoms with Crippen LogP contribution in [0.5, 0.6) is 5.75 Å². The van der Waals surface area contributed by atoms with Crippen LogP contribution in [0.1, 0.15) is 28.4 Å². The summed E-state index contributed by atoms with van der Waals surface area (Å²) in [5.41, 5.74) is 3.56. The highest BCUT2D eigenvalue weighted by molar-refractivity contribution is 9.10. The second kappa shape index (κ2) is 6.58. The van der Waals surface area contributed by atoms with E-state index in [1.165, 1.54) is 12.1 Å². The van der Waals surface area contributed by atoms with Crippen molar-refractivity contribution in [1.29, 1.82) is 0 Å². The minimum Gasteiger partial charge on any atom is -0.496 e. The van der Waals surface area contributed by atoms with Crippen molar-refractivity contribution in [3.05, 3.63) is 62.9 Å². The number of hydrogen-bond acceptors (Lipinski definition) is 2. The van der Waals surface area contributed by atoms with Crippen molar-refractivity contribution in [1.82, 2.24) is 0 Å². The standard InChI is InChI=1S/C17H18BrFO2/c1-10-8-14(18)11(2)16(17(10)21-3)15(20)9-12-4-6-13(19)7-5-12/h4-8,15,20H,9H2,1-3H3. The highest BCUT2D eigenvalue weighted by atomic mass is 79.9. The Morgan fingerprint density at radius 3 is 2.43 bits per heavy atom. The van der Waals surface area contributed by atoms with E-state index in [4.69, 9.17) is 4.74 Å². The Balaban J connectivity index is 2.38. The lowest BCUT2D eigenvalue weighted by molar-refractivity contribution is 0.173. The maximum absolute atomic E-state index is 12.9. The molecule has 1 unspecified atom stereocenters. The van der Waals surface area contributed by atoms with Crippen LogP contribution in [-0.2, 0) is 6.42 Å². The van der Waals surface area contributed by atoms with Gasteiger partial charge in [0, 0.05) is 16.5 Å². The molecule has 2 nitrogen and oxygen atoms in total. The van der Waals surface area contributed by atoms with Crippen molar-refractivity contribution in [3.8, 4) is 5.75 Å². The summed E-state index contributed by atoms with van der Waals surface area (Å²) < 4.78 is 19.3. The van der Waals surface area contributed by atoms with Crippen LogP contribution in [-0.4, -0.2) is 12.2 Å². The van der Waals surface area contributed by atoms with Crippen LogP contribution >= 0.6 is 15.9 Å². The van der Waals surface area contributed by atoms with E-state index >= 15 is 0 Å². The van der Waals surface area contributed by atoms with Gasteiger partial charge in [-0.05, 0) is 48.7 Å². The van der Waals surface area contributed by atoms with Crippen molar-refractivity contribution < 1.29 is 14.2 Å². The number of hydrogen-bond donors (Lipinski definition) is 1. The number of halogens is 2. The highest BCUT2D eigenvalue weighted by Crippen LogP contribution is 2.37. The summed E-state index contributed by atoms with van der Waals surface area (Å²) in [5, 5.41) is 10.6. The molecule has 0 amide bonds. The molecule has 2 rings (SSSR count). The van der Waals surface area contributed by atoms with E-state index < -0.39 is 6.10 Å². The molecular formula is C17H18BrFO2. The van der Waals surface area contributed by atoms with Crippen molar-refractivity contribution in [3.63, 3.8) is 0 Å². The lowest BCUT2D eigenvalue weighted by Crippen LogP contribution is -2.08. The molecular weight excluding hydrogens is 335 g/mol. The van der Waals surface area contributed by atoms with Crippen molar-refractivity contribution in [2.75, 3.05) is 7.11 Å². The van der Waals surface area contributed by atoms with Crippen LogP contribution in [0.15, 0.2) is 34.8 Å². The fourth-order valence-corrected chi connectivity index (χ4v) is 3.05. The van der Waals surface area contributed by atoms with Crippen LogP contribution < -0.4 is 4.74 Å². The van der Waals surface area contributed by atoms with Gasteiger partial charge in [0.25, 0.3) is 0 Å². The molecule has 0 aromatic heterocycles. The molecule has 4 heteroatoms. The smallest absolute Gasteiger partial charge is 0.127 e. The fourth-order valence-electron chi connectivity index (χ4n) is 2.49. The third-order valence-corrected chi connectivity index (χ3v) is 4.41. The van der Waals surface area contributed by atoms with E-state index in [-0.39, 0.29) is 5.82 Å². The van der Waals surface area contributed by atoms with Crippen LogP contribution in [0.3, 0.4) is 0 Å². The maximum atomic E-state index is 12.9. The van der Waals surface area contributed by atoms with E-state index in [1.807, 2.05) is 19.9 Å². The Morgan fingerprint density at radius 2 is 1.86 bits per heavy atom. The first-order valence-corrected chi connectivity index (χ1v) is 7.49.